The van der Waals surface area contributed by atoms with Gasteiger partial charge in [-0.1, -0.05) is 0 Å². The molecule has 0 saturated carbocycles. The Bertz CT molecular complexity index is 959. The number of rotatable bonds is 7. The zero-order valence-electron chi connectivity index (χ0n) is 15.1. The number of hydrogen-bond acceptors (Lipinski definition) is 6. The highest BCUT2D eigenvalue weighted by Crippen LogP contribution is 2.26. The van der Waals surface area contributed by atoms with Gasteiger partial charge in [0, 0.05) is 18.0 Å². The van der Waals surface area contributed by atoms with Gasteiger partial charge in [0.2, 0.25) is 5.95 Å². The van der Waals surface area contributed by atoms with E-state index in [1.54, 1.807) is 36.7 Å². The van der Waals surface area contributed by atoms with Crippen molar-refractivity contribution in [2.24, 2.45) is 0 Å². The molecule has 0 fully saturated rings. The van der Waals surface area contributed by atoms with Gasteiger partial charge in [-0.3, -0.25) is 4.98 Å². The summed E-state index contributed by atoms with van der Waals surface area (Å²) in [5.41, 5.74) is 3.42. The first-order valence-electron chi connectivity index (χ1n) is 8.55. The van der Waals surface area contributed by atoms with Gasteiger partial charge in [-0.25, -0.2) is 14.8 Å². The number of nitrogens with zero attached hydrogens (tertiary/aromatic N) is 3. The fourth-order valence-electron chi connectivity index (χ4n) is 2.61. The van der Waals surface area contributed by atoms with Crippen LogP contribution in [-0.2, 0) is 6.54 Å². The first-order chi connectivity index (χ1) is 13.1. The van der Waals surface area contributed by atoms with Crippen LogP contribution in [0.15, 0.2) is 48.8 Å². The number of benzene rings is 1. The lowest BCUT2D eigenvalue weighted by Gasteiger charge is -2.10. The summed E-state index contributed by atoms with van der Waals surface area (Å²) in [6.45, 7) is 4.71. The SMILES string of the molecule is CCOc1ccc(-c2ccnc(NCc3cc(C)ccn3)n2)cc1C(=O)O. The number of aryl methyl sites for hydroxylation is 1. The van der Waals surface area contributed by atoms with Crippen molar-refractivity contribution in [1.82, 2.24) is 15.0 Å². The maximum atomic E-state index is 11.5. The first kappa shape index (κ1) is 18.3. The van der Waals surface area contributed by atoms with Crippen molar-refractivity contribution < 1.29 is 14.6 Å². The number of carbonyl (C=O) groups is 1. The zero-order chi connectivity index (χ0) is 19.2. The van der Waals surface area contributed by atoms with E-state index in [0.29, 0.717) is 36.1 Å². The summed E-state index contributed by atoms with van der Waals surface area (Å²) in [7, 11) is 0. The molecule has 3 aromatic rings. The van der Waals surface area contributed by atoms with Gasteiger partial charge in [0.25, 0.3) is 0 Å². The minimum atomic E-state index is -1.04. The monoisotopic (exact) mass is 364 g/mol. The number of pyridine rings is 1. The minimum Gasteiger partial charge on any atom is -0.493 e. The second-order valence-corrected chi connectivity index (χ2v) is 5.89. The summed E-state index contributed by atoms with van der Waals surface area (Å²) in [6.07, 6.45) is 3.39. The highest BCUT2D eigenvalue weighted by atomic mass is 16.5. The van der Waals surface area contributed by atoms with Crippen LogP contribution in [0.4, 0.5) is 5.95 Å². The van der Waals surface area contributed by atoms with E-state index in [1.807, 2.05) is 26.0 Å². The number of hydrogen-bond donors (Lipinski definition) is 2. The smallest absolute Gasteiger partial charge is 0.339 e. The molecule has 2 aromatic heterocycles. The number of aromatic carboxylic acids is 1. The van der Waals surface area contributed by atoms with Crippen molar-refractivity contribution in [3.63, 3.8) is 0 Å². The van der Waals surface area contributed by atoms with E-state index in [2.05, 4.69) is 20.3 Å². The molecule has 0 bridgehead atoms. The van der Waals surface area contributed by atoms with Crippen LogP contribution in [0.1, 0.15) is 28.5 Å². The van der Waals surface area contributed by atoms with Crippen molar-refractivity contribution in [3.05, 3.63) is 65.6 Å². The molecule has 0 radical (unpaired) electrons. The molecule has 138 valence electrons. The molecule has 3 rings (SSSR count). The molecule has 0 aliphatic rings. The van der Waals surface area contributed by atoms with E-state index >= 15 is 0 Å². The Labute approximate surface area is 157 Å². The van der Waals surface area contributed by atoms with Gasteiger partial charge in [-0.05, 0) is 55.8 Å². The summed E-state index contributed by atoms with van der Waals surface area (Å²) in [6, 6.07) is 10.6. The molecule has 7 heteroatoms. The number of carboxylic acids is 1. The molecule has 27 heavy (non-hydrogen) atoms. The summed E-state index contributed by atoms with van der Waals surface area (Å²) in [5, 5.41) is 12.6. The Morgan fingerprint density at radius 1 is 1.15 bits per heavy atom. The van der Waals surface area contributed by atoms with E-state index in [0.717, 1.165) is 11.3 Å². The first-order valence-corrected chi connectivity index (χ1v) is 8.55. The topological polar surface area (TPSA) is 97.2 Å². The predicted octanol–water partition coefficient (Wildman–Crippen LogP) is 3.56. The summed E-state index contributed by atoms with van der Waals surface area (Å²) in [5.74, 6) is -0.258. The minimum absolute atomic E-state index is 0.103. The second kappa shape index (κ2) is 8.27. The van der Waals surface area contributed by atoms with E-state index in [-0.39, 0.29) is 5.56 Å². The number of aromatic nitrogens is 3. The normalized spacial score (nSPS) is 10.4. The average molecular weight is 364 g/mol. The van der Waals surface area contributed by atoms with Crippen LogP contribution < -0.4 is 10.1 Å². The third-order valence-corrected chi connectivity index (χ3v) is 3.86. The van der Waals surface area contributed by atoms with Gasteiger partial charge in [0.15, 0.2) is 0 Å². The molecule has 1 aromatic carbocycles. The molecule has 0 unspecified atom stereocenters. The molecule has 7 nitrogen and oxygen atoms in total. The Morgan fingerprint density at radius 3 is 2.70 bits per heavy atom. The maximum Gasteiger partial charge on any atom is 0.339 e. The molecule has 0 amide bonds. The molecule has 2 heterocycles. The molecular formula is C20H20N4O3. The van der Waals surface area contributed by atoms with Crippen LogP contribution >= 0.6 is 0 Å². The number of anilines is 1. The summed E-state index contributed by atoms with van der Waals surface area (Å²) < 4.78 is 5.38. The van der Waals surface area contributed by atoms with Crippen LogP contribution in [0.5, 0.6) is 5.75 Å². The molecule has 2 N–H and O–H groups in total. The van der Waals surface area contributed by atoms with Gasteiger partial charge in [0.05, 0.1) is 24.5 Å². The number of carboxylic acid groups (broad SMARTS) is 1. The quantitative estimate of drug-likeness (QED) is 0.661. The molecular weight excluding hydrogens is 344 g/mol. The summed E-state index contributed by atoms with van der Waals surface area (Å²) in [4.78, 5) is 24.5. The molecule has 0 spiro atoms. The zero-order valence-corrected chi connectivity index (χ0v) is 15.1. The lowest BCUT2D eigenvalue weighted by atomic mass is 10.1. The predicted molar refractivity (Wildman–Crippen MR) is 102 cm³/mol. The Hall–Kier alpha value is -3.48. The van der Waals surface area contributed by atoms with Gasteiger partial charge in [-0.15, -0.1) is 0 Å². The third-order valence-electron chi connectivity index (χ3n) is 3.86. The lowest BCUT2D eigenvalue weighted by molar-refractivity contribution is 0.0692. The fraction of sp³-hybridized carbons (Fsp3) is 0.200. The van der Waals surface area contributed by atoms with Crippen LogP contribution in [0, 0.1) is 6.92 Å². The van der Waals surface area contributed by atoms with E-state index in [4.69, 9.17) is 4.74 Å². The van der Waals surface area contributed by atoms with Crippen molar-refractivity contribution in [2.45, 2.75) is 20.4 Å². The average Bonchev–Trinajstić information content (AvgIpc) is 2.67. The fourth-order valence-corrected chi connectivity index (χ4v) is 2.61. The standard InChI is InChI=1S/C20H20N4O3/c1-3-27-18-5-4-14(11-16(18)19(25)26)17-7-9-22-20(24-17)23-12-15-10-13(2)6-8-21-15/h4-11H,3,12H2,1-2H3,(H,25,26)(H,22,23,24). The van der Waals surface area contributed by atoms with Crippen LogP contribution in [0.2, 0.25) is 0 Å². The van der Waals surface area contributed by atoms with Crippen LogP contribution in [0.25, 0.3) is 11.3 Å². The van der Waals surface area contributed by atoms with Gasteiger partial charge < -0.3 is 15.2 Å². The van der Waals surface area contributed by atoms with Crippen molar-refractivity contribution in [1.29, 1.82) is 0 Å². The lowest BCUT2D eigenvalue weighted by Crippen LogP contribution is -2.06. The van der Waals surface area contributed by atoms with E-state index < -0.39 is 5.97 Å². The van der Waals surface area contributed by atoms with Crippen LogP contribution in [-0.4, -0.2) is 32.6 Å². The maximum absolute atomic E-state index is 11.5. The molecule has 0 saturated heterocycles. The highest BCUT2D eigenvalue weighted by molar-refractivity contribution is 5.92. The Kier molecular flexibility index (Phi) is 5.61. The molecule has 0 atom stereocenters. The highest BCUT2D eigenvalue weighted by Gasteiger charge is 2.14. The summed E-state index contributed by atoms with van der Waals surface area (Å²) >= 11 is 0. The van der Waals surface area contributed by atoms with E-state index in [1.165, 1.54) is 0 Å². The number of nitrogens with one attached hydrogen (secondary N) is 1. The Morgan fingerprint density at radius 2 is 1.96 bits per heavy atom. The molecule has 0 aliphatic heterocycles. The van der Waals surface area contributed by atoms with E-state index in [9.17, 15) is 9.90 Å². The van der Waals surface area contributed by atoms with Gasteiger partial charge in [0.1, 0.15) is 11.3 Å². The number of ether oxygens (including phenoxy) is 1. The van der Waals surface area contributed by atoms with Crippen molar-refractivity contribution in [3.8, 4) is 17.0 Å². The second-order valence-electron chi connectivity index (χ2n) is 5.89. The molecule has 0 aliphatic carbocycles. The van der Waals surface area contributed by atoms with Crippen molar-refractivity contribution >= 4 is 11.9 Å². The van der Waals surface area contributed by atoms with Gasteiger partial charge >= 0.3 is 5.97 Å². The third kappa shape index (κ3) is 4.58. The largest absolute Gasteiger partial charge is 0.493 e. The van der Waals surface area contributed by atoms with Gasteiger partial charge in [-0.2, -0.15) is 0 Å². The van der Waals surface area contributed by atoms with Crippen LogP contribution in [0.3, 0.4) is 0 Å². The van der Waals surface area contributed by atoms with Crippen molar-refractivity contribution in [2.75, 3.05) is 11.9 Å². The Balaban J connectivity index is 1.82.